The number of rotatable bonds is 8. The van der Waals surface area contributed by atoms with Crippen LogP contribution < -0.4 is 5.32 Å². The van der Waals surface area contributed by atoms with Crippen LogP contribution in [0.4, 0.5) is 13.2 Å². The number of nitrogens with one attached hydrogen (secondary N) is 1. The fraction of sp³-hybridized carbons (Fsp3) is 0.233. The Labute approximate surface area is 209 Å². The van der Waals surface area contributed by atoms with Gasteiger partial charge in [0.2, 0.25) is 0 Å². The minimum absolute atomic E-state index is 0.205. The lowest BCUT2D eigenvalue weighted by Crippen LogP contribution is -2.23. The third kappa shape index (κ3) is 5.94. The van der Waals surface area contributed by atoms with Gasteiger partial charge in [-0.3, -0.25) is 9.69 Å². The van der Waals surface area contributed by atoms with Crippen molar-refractivity contribution in [2.45, 2.75) is 33.1 Å². The number of carbonyl (C=O) groups excluding carboxylic acids is 1. The minimum atomic E-state index is -4.36. The van der Waals surface area contributed by atoms with Crippen molar-refractivity contribution in [3.05, 3.63) is 107 Å². The Morgan fingerprint density at radius 3 is 2.08 bits per heavy atom. The summed E-state index contributed by atoms with van der Waals surface area (Å²) in [4.78, 5) is 15.1. The van der Waals surface area contributed by atoms with E-state index in [-0.39, 0.29) is 5.91 Å². The van der Waals surface area contributed by atoms with Gasteiger partial charge in [0.15, 0.2) is 0 Å². The summed E-state index contributed by atoms with van der Waals surface area (Å²) in [7, 11) is 0. The van der Waals surface area contributed by atoms with E-state index in [1.807, 2.05) is 12.1 Å². The maximum atomic E-state index is 12.8. The molecule has 0 aliphatic rings. The number of carbonyl (C=O) groups is 1. The smallest absolute Gasteiger partial charge is 0.348 e. The highest BCUT2D eigenvalue weighted by atomic mass is 19.4. The lowest BCUT2D eigenvalue weighted by Gasteiger charge is -2.18. The molecule has 3 nitrogen and oxygen atoms in total. The monoisotopic (exact) mass is 490 g/mol. The van der Waals surface area contributed by atoms with E-state index >= 15 is 0 Å². The predicted octanol–water partition coefficient (Wildman–Crippen LogP) is 7.30. The molecule has 36 heavy (non-hydrogen) atoms. The highest BCUT2D eigenvalue weighted by Crippen LogP contribution is 2.31. The largest absolute Gasteiger partial charge is 0.416 e. The third-order valence-electron chi connectivity index (χ3n) is 6.47. The van der Waals surface area contributed by atoms with Gasteiger partial charge in [0.1, 0.15) is 0 Å². The molecule has 1 N–H and O–H groups in total. The normalized spacial score (nSPS) is 11.7. The second-order valence-electron chi connectivity index (χ2n) is 8.77. The quantitative estimate of drug-likeness (QED) is 0.281. The Morgan fingerprint density at radius 1 is 0.833 bits per heavy atom. The molecule has 0 aliphatic heterocycles. The first-order chi connectivity index (χ1) is 17.3. The highest BCUT2D eigenvalue weighted by molar-refractivity contribution is 5.95. The van der Waals surface area contributed by atoms with Gasteiger partial charge >= 0.3 is 6.18 Å². The molecule has 4 rings (SSSR count). The van der Waals surface area contributed by atoms with E-state index in [2.05, 4.69) is 48.3 Å². The highest BCUT2D eigenvalue weighted by Gasteiger charge is 2.29. The van der Waals surface area contributed by atoms with Crippen molar-refractivity contribution in [3.8, 4) is 11.1 Å². The summed E-state index contributed by atoms with van der Waals surface area (Å²) in [6.45, 7) is 7.64. The van der Waals surface area contributed by atoms with Crippen LogP contribution in [0.1, 0.15) is 40.9 Å². The summed E-state index contributed by atoms with van der Waals surface area (Å²) in [6, 6.07) is 24.4. The average molecular weight is 491 g/mol. The number of amides is 1. The van der Waals surface area contributed by atoms with Gasteiger partial charge in [0.05, 0.1) is 5.56 Å². The van der Waals surface area contributed by atoms with Crippen LogP contribution in [0.3, 0.4) is 0 Å². The molecule has 0 atom stereocenters. The van der Waals surface area contributed by atoms with E-state index in [0.717, 1.165) is 53.7 Å². The molecule has 6 heteroatoms. The summed E-state index contributed by atoms with van der Waals surface area (Å²) in [6.07, 6.45) is -4.36. The summed E-state index contributed by atoms with van der Waals surface area (Å²) in [5, 5.41) is 5.24. The van der Waals surface area contributed by atoms with Crippen molar-refractivity contribution in [3.63, 3.8) is 0 Å². The standard InChI is InChI=1S/C30H29F3N2O/c1-3-35(4-2)20-21-8-17-28-25(18-21)6-5-7-26(28)19-34-29(36)24-11-9-22(10-12-24)23-13-15-27(16-14-23)30(31,32)33/h5-18H,3-4,19-20H2,1-2H3,(H,34,36). The molecule has 4 aromatic carbocycles. The zero-order valence-electron chi connectivity index (χ0n) is 20.4. The van der Waals surface area contributed by atoms with Gasteiger partial charge in [-0.05, 0) is 76.4 Å². The SMILES string of the molecule is CCN(CC)Cc1ccc2c(CNC(=O)c3ccc(-c4ccc(C(F)(F)F)cc4)cc3)cccc2c1. The van der Waals surface area contributed by atoms with Crippen molar-refractivity contribution in [2.24, 2.45) is 0 Å². The molecule has 0 heterocycles. The van der Waals surface area contributed by atoms with Crippen molar-refractivity contribution >= 4 is 16.7 Å². The van der Waals surface area contributed by atoms with Crippen LogP contribution in [0.15, 0.2) is 84.9 Å². The van der Waals surface area contributed by atoms with Gasteiger partial charge < -0.3 is 5.32 Å². The van der Waals surface area contributed by atoms with Crippen LogP contribution in [0.2, 0.25) is 0 Å². The number of halogens is 3. The summed E-state index contributed by atoms with van der Waals surface area (Å²) < 4.78 is 38.4. The summed E-state index contributed by atoms with van der Waals surface area (Å²) >= 11 is 0. The molecule has 4 aromatic rings. The number of nitrogens with zero attached hydrogens (tertiary/aromatic N) is 1. The Kier molecular flexibility index (Phi) is 7.75. The fourth-order valence-corrected chi connectivity index (χ4v) is 4.30. The first kappa shape index (κ1) is 25.5. The second kappa shape index (κ2) is 11.0. The molecule has 0 saturated heterocycles. The van der Waals surface area contributed by atoms with E-state index < -0.39 is 11.7 Å². The van der Waals surface area contributed by atoms with Crippen LogP contribution in [0, 0.1) is 0 Å². The van der Waals surface area contributed by atoms with Crippen LogP contribution in [0.5, 0.6) is 0 Å². The Hall–Kier alpha value is -3.64. The number of fused-ring (bicyclic) bond motifs is 1. The maximum absolute atomic E-state index is 12.8. The van der Waals surface area contributed by atoms with E-state index in [9.17, 15) is 18.0 Å². The van der Waals surface area contributed by atoms with Gasteiger partial charge in [-0.25, -0.2) is 0 Å². The molecule has 0 saturated carbocycles. The van der Waals surface area contributed by atoms with Gasteiger partial charge in [-0.1, -0.05) is 68.4 Å². The van der Waals surface area contributed by atoms with Gasteiger partial charge in [-0.2, -0.15) is 13.2 Å². The molecule has 0 aromatic heterocycles. The third-order valence-corrected chi connectivity index (χ3v) is 6.47. The van der Waals surface area contributed by atoms with E-state index in [1.165, 1.54) is 17.7 Å². The minimum Gasteiger partial charge on any atom is -0.348 e. The first-order valence-electron chi connectivity index (χ1n) is 12.1. The molecular formula is C30H29F3N2O. The molecule has 0 spiro atoms. The lowest BCUT2D eigenvalue weighted by molar-refractivity contribution is -0.137. The topological polar surface area (TPSA) is 32.3 Å². The number of hydrogen-bond acceptors (Lipinski definition) is 2. The van der Waals surface area contributed by atoms with Crippen LogP contribution in [-0.4, -0.2) is 23.9 Å². The van der Waals surface area contributed by atoms with Crippen LogP contribution in [-0.2, 0) is 19.3 Å². The van der Waals surface area contributed by atoms with E-state index in [1.54, 1.807) is 24.3 Å². The molecule has 0 radical (unpaired) electrons. The van der Waals surface area contributed by atoms with Crippen LogP contribution >= 0.6 is 0 Å². The van der Waals surface area contributed by atoms with E-state index in [0.29, 0.717) is 17.7 Å². The van der Waals surface area contributed by atoms with Crippen molar-refractivity contribution in [1.29, 1.82) is 0 Å². The molecule has 0 bridgehead atoms. The number of alkyl halides is 3. The number of hydrogen-bond donors (Lipinski definition) is 1. The van der Waals surface area contributed by atoms with Crippen molar-refractivity contribution in [1.82, 2.24) is 10.2 Å². The van der Waals surface area contributed by atoms with Crippen molar-refractivity contribution < 1.29 is 18.0 Å². The average Bonchev–Trinajstić information content (AvgIpc) is 2.89. The zero-order valence-corrected chi connectivity index (χ0v) is 20.4. The first-order valence-corrected chi connectivity index (χ1v) is 12.1. The van der Waals surface area contributed by atoms with Gasteiger partial charge in [-0.15, -0.1) is 0 Å². The zero-order chi connectivity index (χ0) is 25.7. The predicted molar refractivity (Wildman–Crippen MR) is 139 cm³/mol. The van der Waals surface area contributed by atoms with Crippen LogP contribution in [0.25, 0.3) is 21.9 Å². The number of benzene rings is 4. The van der Waals surface area contributed by atoms with E-state index in [4.69, 9.17) is 0 Å². The molecule has 186 valence electrons. The molecular weight excluding hydrogens is 461 g/mol. The summed E-state index contributed by atoms with van der Waals surface area (Å²) in [5.74, 6) is -0.205. The van der Waals surface area contributed by atoms with Crippen molar-refractivity contribution in [2.75, 3.05) is 13.1 Å². The molecule has 1 amide bonds. The Morgan fingerprint density at radius 2 is 1.47 bits per heavy atom. The van der Waals surface area contributed by atoms with Gasteiger partial charge in [0, 0.05) is 18.7 Å². The Bertz CT molecular complexity index is 1330. The molecule has 0 unspecified atom stereocenters. The van der Waals surface area contributed by atoms with Gasteiger partial charge in [0.25, 0.3) is 5.91 Å². The Balaban J connectivity index is 1.42. The lowest BCUT2D eigenvalue weighted by atomic mass is 10.0. The fourth-order valence-electron chi connectivity index (χ4n) is 4.30. The second-order valence-corrected chi connectivity index (χ2v) is 8.77. The maximum Gasteiger partial charge on any atom is 0.416 e. The summed E-state index contributed by atoms with van der Waals surface area (Å²) in [5.41, 5.74) is 3.52. The molecule has 0 fully saturated rings. The molecule has 0 aliphatic carbocycles.